The molecule has 34 heavy (non-hydrogen) atoms. The van der Waals surface area contributed by atoms with E-state index in [0.29, 0.717) is 36.7 Å². The molecule has 2 aromatic carbocycles. The lowest BCUT2D eigenvalue weighted by Gasteiger charge is -2.31. The smallest absolute Gasteiger partial charge is 0.261 e. The molecule has 2 amide bonds. The van der Waals surface area contributed by atoms with Crippen molar-refractivity contribution in [2.24, 2.45) is 5.92 Å². The van der Waals surface area contributed by atoms with Crippen LogP contribution in [0.4, 0.5) is 5.69 Å². The third-order valence-corrected chi connectivity index (χ3v) is 6.89. The maximum atomic E-state index is 13.7. The number of carbonyl (C=O) groups is 2. The zero-order valence-corrected chi connectivity index (χ0v) is 19.6. The number of fused-ring (bicyclic) bond motifs is 1. The zero-order valence-electron chi connectivity index (χ0n) is 19.6. The van der Waals surface area contributed by atoms with Crippen molar-refractivity contribution in [3.8, 4) is 17.2 Å². The van der Waals surface area contributed by atoms with Gasteiger partial charge >= 0.3 is 0 Å². The minimum absolute atomic E-state index is 0.0715. The molecule has 0 bridgehead atoms. The van der Waals surface area contributed by atoms with Gasteiger partial charge in [-0.1, -0.05) is 38.0 Å². The van der Waals surface area contributed by atoms with Gasteiger partial charge in [-0.15, -0.1) is 0 Å². The number of hydrogen-bond donors (Lipinski definition) is 3. The number of nitrogens with one attached hydrogen (secondary N) is 1. The summed E-state index contributed by atoms with van der Waals surface area (Å²) in [4.78, 5) is 27.2. The van der Waals surface area contributed by atoms with Crippen LogP contribution < -0.4 is 10.1 Å². The van der Waals surface area contributed by atoms with Gasteiger partial charge in [0.1, 0.15) is 22.8 Å². The third kappa shape index (κ3) is 4.88. The molecule has 1 aliphatic carbocycles. The van der Waals surface area contributed by atoms with Crippen molar-refractivity contribution in [2.75, 3.05) is 18.5 Å². The first-order valence-corrected chi connectivity index (χ1v) is 11.9. The van der Waals surface area contributed by atoms with Crippen molar-refractivity contribution in [1.82, 2.24) is 4.90 Å². The lowest BCUT2D eigenvalue weighted by atomic mass is 9.90. The van der Waals surface area contributed by atoms with E-state index >= 15 is 0 Å². The second-order valence-electron chi connectivity index (χ2n) is 9.17. The number of benzene rings is 2. The Morgan fingerprint density at radius 2 is 1.97 bits per heavy atom. The van der Waals surface area contributed by atoms with Gasteiger partial charge in [0.25, 0.3) is 5.91 Å². The van der Waals surface area contributed by atoms with E-state index in [2.05, 4.69) is 11.9 Å². The Hall–Kier alpha value is -3.48. The van der Waals surface area contributed by atoms with Crippen molar-refractivity contribution in [3.05, 3.63) is 59.2 Å². The van der Waals surface area contributed by atoms with Crippen molar-refractivity contribution >= 4 is 17.5 Å². The van der Waals surface area contributed by atoms with E-state index in [-0.39, 0.29) is 41.2 Å². The van der Waals surface area contributed by atoms with Crippen molar-refractivity contribution in [2.45, 2.75) is 52.0 Å². The van der Waals surface area contributed by atoms with Crippen LogP contribution in [0.1, 0.15) is 59.2 Å². The fourth-order valence-electron chi connectivity index (χ4n) is 4.89. The monoisotopic (exact) mass is 464 g/mol. The molecule has 0 unspecified atom stereocenters. The molecule has 1 saturated carbocycles. The molecule has 0 atom stereocenters. The number of phenolic OH excluding ortho intramolecular Hbond substituents is 2. The van der Waals surface area contributed by atoms with Crippen LogP contribution in [0.15, 0.2) is 36.9 Å². The highest BCUT2D eigenvalue weighted by Gasteiger charge is 2.30. The number of amides is 2. The van der Waals surface area contributed by atoms with Crippen LogP contribution in [-0.2, 0) is 17.8 Å². The SMILES string of the molecule is C=CC(=O)Nc1cccc2c1CN(C(=O)c1c(O)cc(O)c(C)c1OCC1CCCCC1)CC2. The fourth-order valence-corrected chi connectivity index (χ4v) is 4.89. The average Bonchev–Trinajstić information content (AvgIpc) is 2.85. The van der Waals surface area contributed by atoms with E-state index < -0.39 is 0 Å². The van der Waals surface area contributed by atoms with E-state index in [9.17, 15) is 19.8 Å². The largest absolute Gasteiger partial charge is 0.507 e. The molecular formula is C27H32N2O5. The summed E-state index contributed by atoms with van der Waals surface area (Å²) in [5.41, 5.74) is 3.07. The summed E-state index contributed by atoms with van der Waals surface area (Å²) >= 11 is 0. The molecule has 1 aliphatic heterocycles. The van der Waals surface area contributed by atoms with Gasteiger partial charge in [-0.3, -0.25) is 9.59 Å². The number of hydrogen-bond acceptors (Lipinski definition) is 5. The Balaban J connectivity index is 1.61. The second-order valence-corrected chi connectivity index (χ2v) is 9.17. The summed E-state index contributed by atoms with van der Waals surface area (Å²) < 4.78 is 6.11. The minimum Gasteiger partial charge on any atom is -0.507 e. The predicted octanol–water partition coefficient (Wildman–Crippen LogP) is 4.69. The zero-order chi connectivity index (χ0) is 24.2. The number of nitrogens with zero attached hydrogens (tertiary/aromatic N) is 1. The Morgan fingerprint density at radius 1 is 1.21 bits per heavy atom. The molecule has 2 aliphatic rings. The number of phenols is 2. The summed E-state index contributed by atoms with van der Waals surface area (Å²) in [6.07, 6.45) is 7.56. The maximum absolute atomic E-state index is 13.7. The summed E-state index contributed by atoms with van der Waals surface area (Å²) in [6.45, 7) is 6.38. The van der Waals surface area contributed by atoms with E-state index in [1.165, 1.54) is 31.4 Å². The quantitative estimate of drug-likeness (QED) is 0.539. The number of ether oxygens (including phenoxy) is 1. The molecule has 1 heterocycles. The van der Waals surface area contributed by atoms with Gasteiger partial charge in [0, 0.05) is 30.4 Å². The van der Waals surface area contributed by atoms with E-state index in [4.69, 9.17) is 4.74 Å². The number of anilines is 1. The molecule has 0 aromatic heterocycles. The van der Waals surface area contributed by atoms with Crippen LogP contribution in [0, 0.1) is 12.8 Å². The van der Waals surface area contributed by atoms with Crippen LogP contribution in [0.25, 0.3) is 0 Å². The molecule has 7 heteroatoms. The number of aromatic hydroxyl groups is 2. The number of carbonyl (C=O) groups excluding carboxylic acids is 2. The molecule has 180 valence electrons. The van der Waals surface area contributed by atoms with Gasteiger partial charge < -0.3 is 25.2 Å². The maximum Gasteiger partial charge on any atom is 0.261 e. The molecular weight excluding hydrogens is 432 g/mol. The summed E-state index contributed by atoms with van der Waals surface area (Å²) in [5.74, 6) is -0.445. The summed E-state index contributed by atoms with van der Waals surface area (Å²) in [5, 5.41) is 23.8. The molecule has 0 saturated heterocycles. The second kappa shape index (κ2) is 10.2. The Morgan fingerprint density at radius 3 is 2.71 bits per heavy atom. The summed E-state index contributed by atoms with van der Waals surface area (Å²) in [6, 6.07) is 6.86. The van der Waals surface area contributed by atoms with Crippen LogP contribution in [0.3, 0.4) is 0 Å². The Bertz CT molecular complexity index is 1100. The van der Waals surface area contributed by atoms with Crippen molar-refractivity contribution < 1.29 is 24.5 Å². The predicted molar refractivity (Wildman–Crippen MR) is 130 cm³/mol. The highest BCUT2D eigenvalue weighted by atomic mass is 16.5. The first-order valence-electron chi connectivity index (χ1n) is 11.9. The van der Waals surface area contributed by atoms with E-state index in [1.807, 2.05) is 12.1 Å². The first kappa shape index (κ1) is 23.7. The normalized spacial score (nSPS) is 16.0. The molecule has 7 nitrogen and oxygen atoms in total. The van der Waals surface area contributed by atoms with E-state index in [0.717, 1.165) is 24.0 Å². The van der Waals surface area contributed by atoms with Gasteiger partial charge in [0.05, 0.1) is 6.61 Å². The molecule has 0 radical (unpaired) electrons. The average molecular weight is 465 g/mol. The fraction of sp³-hybridized carbons (Fsp3) is 0.407. The Kier molecular flexibility index (Phi) is 7.10. The van der Waals surface area contributed by atoms with E-state index in [1.54, 1.807) is 17.9 Å². The topological polar surface area (TPSA) is 99.1 Å². The molecule has 3 N–H and O–H groups in total. The molecule has 4 rings (SSSR count). The third-order valence-electron chi connectivity index (χ3n) is 6.89. The first-order chi connectivity index (χ1) is 16.4. The molecule has 1 fully saturated rings. The van der Waals surface area contributed by atoms with Gasteiger partial charge in [0.2, 0.25) is 5.91 Å². The molecule has 2 aromatic rings. The van der Waals surface area contributed by atoms with Crippen LogP contribution in [0.5, 0.6) is 17.2 Å². The van der Waals surface area contributed by atoms with Crippen molar-refractivity contribution in [1.29, 1.82) is 0 Å². The van der Waals surface area contributed by atoms with Crippen molar-refractivity contribution in [3.63, 3.8) is 0 Å². The lowest BCUT2D eigenvalue weighted by molar-refractivity contribution is -0.111. The van der Waals surface area contributed by atoms with Gasteiger partial charge in [-0.2, -0.15) is 0 Å². The van der Waals surface area contributed by atoms with Gasteiger partial charge in [0.15, 0.2) is 0 Å². The minimum atomic E-state index is -0.366. The lowest BCUT2D eigenvalue weighted by Crippen LogP contribution is -2.37. The summed E-state index contributed by atoms with van der Waals surface area (Å²) in [7, 11) is 0. The van der Waals surface area contributed by atoms with Gasteiger partial charge in [-0.25, -0.2) is 0 Å². The standard InChI is InChI=1S/C27H32N2O5/c1-3-24(32)28-21-11-7-10-19-12-13-29(15-20(19)21)27(33)25-23(31)14-22(30)17(2)26(25)34-16-18-8-5-4-6-9-18/h3,7,10-11,14,18,30-31H,1,4-6,8-9,12-13,15-16H2,2H3,(H,28,32). The van der Waals surface area contributed by atoms with Crippen LogP contribution >= 0.6 is 0 Å². The highest BCUT2D eigenvalue weighted by molar-refractivity contribution is 6.01. The Labute approximate surface area is 200 Å². The molecule has 0 spiro atoms. The van der Waals surface area contributed by atoms with Gasteiger partial charge in [-0.05, 0) is 55.4 Å². The highest BCUT2D eigenvalue weighted by Crippen LogP contribution is 2.40. The van der Waals surface area contributed by atoms with Crippen LogP contribution in [0.2, 0.25) is 0 Å². The number of rotatable bonds is 6. The van der Waals surface area contributed by atoms with Crippen LogP contribution in [-0.4, -0.2) is 40.1 Å².